The van der Waals surface area contributed by atoms with Crippen LogP contribution in [0.1, 0.15) is 27.7 Å². The van der Waals surface area contributed by atoms with Crippen molar-refractivity contribution in [3.8, 4) is 0 Å². The van der Waals surface area contributed by atoms with Gasteiger partial charge in [-0.25, -0.2) is 0 Å². The van der Waals surface area contributed by atoms with Gasteiger partial charge in [0.1, 0.15) is 5.60 Å². The minimum Gasteiger partial charge on any atom is -0.379 e. The molecule has 0 aliphatic heterocycles. The lowest BCUT2D eigenvalue weighted by molar-refractivity contribution is -0.151. The molecule has 4 heteroatoms. The molecule has 0 fully saturated rings. The fourth-order valence-corrected chi connectivity index (χ4v) is 1.36. The molecule has 0 saturated carbocycles. The molecule has 0 bridgehead atoms. The van der Waals surface area contributed by atoms with E-state index < -0.39 is 11.5 Å². The van der Waals surface area contributed by atoms with E-state index in [9.17, 15) is 14.7 Å². The number of carbonyl (C=O) groups excluding carboxylic acids is 2. The van der Waals surface area contributed by atoms with Crippen molar-refractivity contribution >= 4 is 12.3 Å². The third-order valence-electron chi connectivity index (χ3n) is 2.31. The molecule has 0 aliphatic rings. The van der Waals surface area contributed by atoms with Gasteiger partial charge in [-0.3, -0.25) is 14.9 Å². The quantitative estimate of drug-likeness (QED) is 0.622. The molecule has 0 aromatic carbocycles. The van der Waals surface area contributed by atoms with Gasteiger partial charge in [-0.15, -0.1) is 0 Å². The SMILES string of the molecule is CC(C)C(O)(C(=O)NC=O)C(C)C. The Morgan fingerprint density at radius 3 is 1.92 bits per heavy atom. The van der Waals surface area contributed by atoms with Gasteiger partial charge < -0.3 is 5.11 Å². The molecule has 0 unspecified atom stereocenters. The molecular weight excluding hydrogens is 170 g/mol. The standard InChI is InChI=1S/C9H17NO3/c1-6(2)9(13,7(3)4)8(12)10-5-11/h5-7,13H,1-4H3,(H,10,11,12). The van der Waals surface area contributed by atoms with E-state index in [1.807, 2.05) is 5.32 Å². The lowest BCUT2D eigenvalue weighted by atomic mass is 9.80. The fraction of sp³-hybridized carbons (Fsp3) is 0.778. The van der Waals surface area contributed by atoms with Crippen molar-refractivity contribution in [2.24, 2.45) is 11.8 Å². The number of amides is 2. The Labute approximate surface area is 78.3 Å². The zero-order valence-corrected chi connectivity index (χ0v) is 8.50. The predicted molar refractivity (Wildman–Crippen MR) is 48.8 cm³/mol. The second kappa shape index (κ2) is 4.37. The molecule has 0 saturated heterocycles. The number of carbonyl (C=O) groups is 2. The van der Waals surface area contributed by atoms with Crippen LogP contribution >= 0.6 is 0 Å². The van der Waals surface area contributed by atoms with Crippen LogP contribution in [-0.2, 0) is 9.59 Å². The summed E-state index contributed by atoms with van der Waals surface area (Å²) in [5.41, 5.74) is -1.47. The van der Waals surface area contributed by atoms with Gasteiger partial charge in [-0.1, -0.05) is 27.7 Å². The highest BCUT2D eigenvalue weighted by Crippen LogP contribution is 2.25. The van der Waals surface area contributed by atoms with Crippen molar-refractivity contribution in [3.63, 3.8) is 0 Å². The minimum atomic E-state index is -1.47. The van der Waals surface area contributed by atoms with E-state index in [1.54, 1.807) is 27.7 Å². The molecular formula is C9H17NO3. The van der Waals surface area contributed by atoms with Crippen LogP contribution in [0.5, 0.6) is 0 Å². The number of hydrogen-bond acceptors (Lipinski definition) is 3. The van der Waals surface area contributed by atoms with E-state index >= 15 is 0 Å². The highest BCUT2D eigenvalue weighted by Gasteiger charge is 2.42. The summed E-state index contributed by atoms with van der Waals surface area (Å²) >= 11 is 0. The third kappa shape index (κ3) is 2.28. The van der Waals surface area contributed by atoms with Crippen molar-refractivity contribution in [2.75, 3.05) is 0 Å². The topological polar surface area (TPSA) is 66.4 Å². The lowest BCUT2D eigenvalue weighted by Crippen LogP contribution is -2.53. The van der Waals surface area contributed by atoms with Gasteiger partial charge in [0.2, 0.25) is 6.41 Å². The van der Waals surface area contributed by atoms with Crippen LogP contribution in [-0.4, -0.2) is 23.0 Å². The van der Waals surface area contributed by atoms with Crippen molar-refractivity contribution in [2.45, 2.75) is 33.3 Å². The van der Waals surface area contributed by atoms with Gasteiger partial charge in [0.25, 0.3) is 5.91 Å². The second-order valence-corrected chi connectivity index (χ2v) is 3.73. The molecule has 4 nitrogen and oxygen atoms in total. The zero-order chi connectivity index (χ0) is 10.6. The normalized spacial score (nSPS) is 11.9. The molecule has 2 N–H and O–H groups in total. The van der Waals surface area contributed by atoms with Gasteiger partial charge in [0, 0.05) is 0 Å². The van der Waals surface area contributed by atoms with Crippen molar-refractivity contribution in [1.82, 2.24) is 5.32 Å². The number of nitrogens with one attached hydrogen (secondary N) is 1. The van der Waals surface area contributed by atoms with E-state index in [4.69, 9.17) is 0 Å². The first-order valence-electron chi connectivity index (χ1n) is 4.34. The maximum atomic E-state index is 11.4. The Bertz CT molecular complexity index is 191. The van der Waals surface area contributed by atoms with Crippen molar-refractivity contribution < 1.29 is 14.7 Å². The van der Waals surface area contributed by atoms with E-state index in [0.717, 1.165) is 0 Å². The van der Waals surface area contributed by atoms with Gasteiger partial charge >= 0.3 is 0 Å². The molecule has 0 radical (unpaired) electrons. The monoisotopic (exact) mass is 187 g/mol. The van der Waals surface area contributed by atoms with Crippen LogP contribution in [0.3, 0.4) is 0 Å². The second-order valence-electron chi connectivity index (χ2n) is 3.73. The summed E-state index contributed by atoms with van der Waals surface area (Å²) < 4.78 is 0. The molecule has 2 amide bonds. The fourth-order valence-electron chi connectivity index (χ4n) is 1.36. The van der Waals surface area contributed by atoms with Crippen molar-refractivity contribution in [3.05, 3.63) is 0 Å². The molecule has 0 aliphatic carbocycles. The maximum absolute atomic E-state index is 11.4. The number of imide groups is 1. The van der Waals surface area contributed by atoms with Crippen LogP contribution in [0.2, 0.25) is 0 Å². The summed E-state index contributed by atoms with van der Waals surface area (Å²) in [5.74, 6) is -1.09. The molecule has 0 rings (SSSR count). The Balaban J connectivity index is 4.78. The average Bonchev–Trinajstić information content (AvgIpc) is 2.02. The lowest BCUT2D eigenvalue weighted by Gasteiger charge is -2.33. The zero-order valence-electron chi connectivity index (χ0n) is 8.50. The Morgan fingerprint density at radius 1 is 1.31 bits per heavy atom. The van der Waals surface area contributed by atoms with Crippen LogP contribution in [0.25, 0.3) is 0 Å². The molecule has 13 heavy (non-hydrogen) atoms. The number of rotatable bonds is 4. The predicted octanol–water partition coefficient (Wildman–Crippen LogP) is 0.302. The van der Waals surface area contributed by atoms with Gasteiger partial charge in [-0.2, -0.15) is 0 Å². The average molecular weight is 187 g/mol. The van der Waals surface area contributed by atoms with E-state index in [-0.39, 0.29) is 18.2 Å². The van der Waals surface area contributed by atoms with Crippen LogP contribution in [0.4, 0.5) is 0 Å². The molecule has 0 aromatic rings. The molecule has 76 valence electrons. The summed E-state index contributed by atoms with van der Waals surface area (Å²) in [6.45, 7) is 6.96. The van der Waals surface area contributed by atoms with E-state index in [0.29, 0.717) is 0 Å². The van der Waals surface area contributed by atoms with E-state index in [1.165, 1.54) is 0 Å². The highest BCUT2D eigenvalue weighted by atomic mass is 16.3. The summed E-state index contributed by atoms with van der Waals surface area (Å²) in [5, 5.41) is 12.0. The Morgan fingerprint density at radius 2 is 1.69 bits per heavy atom. The summed E-state index contributed by atoms with van der Waals surface area (Å²) in [7, 11) is 0. The van der Waals surface area contributed by atoms with Gasteiger partial charge in [0.15, 0.2) is 0 Å². The van der Waals surface area contributed by atoms with Gasteiger partial charge in [-0.05, 0) is 11.8 Å². The first kappa shape index (κ1) is 12.1. The molecule has 0 aromatic heterocycles. The van der Waals surface area contributed by atoms with E-state index in [2.05, 4.69) is 0 Å². The minimum absolute atomic E-state index is 0.229. The number of aliphatic hydroxyl groups is 1. The smallest absolute Gasteiger partial charge is 0.258 e. The van der Waals surface area contributed by atoms with Crippen LogP contribution < -0.4 is 5.32 Å². The molecule has 0 heterocycles. The highest BCUT2D eigenvalue weighted by molar-refractivity contribution is 5.92. The largest absolute Gasteiger partial charge is 0.379 e. The van der Waals surface area contributed by atoms with Crippen LogP contribution in [0.15, 0.2) is 0 Å². The first-order chi connectivity index (χ1) is 5.87. The van der Waals surface area contributed by atoms with Crippen LogP contribution in [0, 0.1) is 11.8 Å². The third-order valence-corrected chi connectivity index (χ3v) is 2.31. The Kier molecular flexibility index (Phi) is 4.07. The summed E-state index contributed by atoms with van der Waals surface area (Å²) in [4.78, 5) is 21.4. The summed E-state index contributed by atoms with van der Waals surface area (Å²) in [6.07, 6.45) is 0.290. The van der Waals surface area contributed by atoms with Crippen molar-refractivity contribution in [1.29, 1.82) is 0 Å². The number of hydrogen-bond donors (Lipinski definition) is 2. The van der Waals surface area contributed by atoms with Gasteiger partial charge in [0.05, 0.1) is 0 Å². The Hall–Kier alpha value is -0.900. The molecule has 0 atom stereocenters. The summed E-state index contributed by atoms with van der Waals surface area (Å²) in [6, 6.07) is 0. The first-order valence-corrected chi connectivity index (χ1v) is 4.34. The molecule has 0 spiro atoms. The maximum Gasteiger partial charge on any atom is 0.258 e.